The standard InChI is InChI=1S/C11H15NO3S/c1-6(12)11(13)7-3-9-10(16-5-15-9)4-8(7)14-2/h3-4,6,11,13H,5,12H2,1-2H3. The minimum atomic E-state index is -0.741. The second-order valence-corrected chi connectivity index (χ2v) is 4.72. The number of methoxy groups -OCH3 is 1. The largest absolute Gasteiger partial charge is 0.496 e. The Balaban J connectivity index is 2.43. The van der Waals surface area contributed by atoms with Gasteiger partial charge in [-0.05, 0) is 19.1 Å². The zero-order valence-corrected chi connectivity index (χ0v) is 10.1. The third-order valence-electron chi connectivity index (χ3n) is 2.54. The molecule has 0 saturated heterocycles. The third kappa shape index (κ3) is 1.98. The monoisotopic (exact) mass is 241 g/mol. The van der Waals surface area contributed by atoms with Gasteiger partial charge in [-0.1, -0.05) is 11.8 Å². The lowest BCUT2D eigenvalue weighted by Crippen LogP contribution is -2.24. The lowest BCUT2D eigenvalue weighted by Gasteiger charge is -2.18. The zero-order chi connectivity index (χ0) is 11.7. The topological polar surface area (TPSA) is 64.7 Å². The quantitative estimate of drug-likeness (QED) is 0.840. The van der Waals surface area contributed by atoms with Gasteiger partial charge in [-0.3, -0.25) is 0 Å². The highest BCUT2D eigenvalue weighted by Gasteiger charge is 2.22. The first-order chi connectivity index (χ1) is 7.63. The van der Waals surface area contributed by atoms with Gasteiger partial charge in [0.25, 0.3) is 0 Å². The van der Waals surface area contributed by atoms with E-state index in [2.05, 4.69) is 0 Å². The molecule has 0 aliphatic carbocycles. The molecule has 4 nitrogen and oxygen atoms in total. The number of hydrogen-bond donors (Lipinski definition) is 2. The number of thioether (sulfide) groups is 1. The molecule has 2 unspecified atom stereocenters. The molecule has 1 aliphatic rings. The summed E-state index contributed by atoms with van der Waals surface area (Å²) in [5.74, 6) is 2.05. The Labute approximate surface area is 98.7 Å². The Morgan fingerprint density at radius 3 is 2.94 bits per heavy atom. The summed E-state index contributed by atoms with van der Waals surface area (Å²) >= 11 is 1.61. The molecule has 2 atom stereocenters. The van der Waals surface area contributed by atoms with Crippen molar-refractivity contribution in [3.63, 3.8) is 0 Å². The summed E-state index contributed by atoms with van der Waals surface area (Å²) in [5, 5.41) is 9.97. The summed E-state index contributed by atoms with van der Waals surface area (Å²) in [5.41, 5.74) is 6.36. The molecule has 1 aromatic rings. The molecule has 0 amide bonds. The maximum absolute atomic E-state index is 9.97. The summed E-state index contributed by atoms with van der Waals surface area (Å²) in [4.78, 5) is 1.04. The van der Waals surface area contributed by atoms with Crippen LogP contribution in [-0.4, -0.2) is 24.2 Å². The predicted octanol–water partition coefficient (Wildman–Crippen LogP) is 1.52. The average Bonchev–Trinajstić information content (AvgIpc) is 2.72. The van der Waals surface area contributed by atoms with Crippen LogP contribution in [0.3, 0.4) is 0 Å². The fraction of sp³-hybridized carbons (Fsp3) is 0.455. The van der Waals surface area contributed by atoms with Crippen LogP contribution in [0.25, 0.3) is 0 Å². The molecule has 0 radical (unpaired) electrons. The summed E-state index contributed by atoms with van der Waals surface area (Å²) in [6.07, 6.45) is -0.741. The second-order valence-electron chi connectivity index (χ2n) is 3.75. The first-order valence-corrected chi connectivity index (χ1v) is 6.03. The Morgan fingerprint density at radius 1 is 1.56 bits per heavy atom. The highest BCUT2D eigenvalue weighted by atomic mass is 32.2. The highest BCUT2D eigenvalue weighted by Crippen LogP contribution is 2.42. The molecular formula is C11H15NO3S. The van der Waals surface area contributed by atoms with Crippen LogP contribution >= 0.6 is 11.8 Å². The van der Waals surface area contributed by atoms with Crippen molar-refractivity contribution >= 4 is 11.8 Å². The van der Waals surface area contributed by atoms with Gasteiger partial charge in [0.2, 0.25) is 0 Å². The van der Waals surface area contributed by atoms with E-state index in [0.29, 0.717) is 17.3 Å². The molecule has 1 aliphatic heterocycles. The maximum Gasteiger partial charge on any atom is 0.138 e. The van der Waals surface area contributed by atoms with Crippen molar-refractivity contribution in [1.29, 1.82) is 0 Å². The van der Waals surface area contributed by atoms with Crippen molar-refractivity contribution < 1.29 is 14.6 Å². The highest BCUT2D eigenvalue weighted by molar-refractivity contribution is 7.99. The van der Waals surface area contributed by atoms with E-state index in [1.807, 2.05) is 12.1 Å². The molecule has 0 saturated carbocycles. The van der Waals surface area contributed by atoms with Crippen molar-refractivity contribution in [2.24, 2.45) is 5.73 Å². The van der Waals surface area contributed by atoms with Crippen LogP contribution in [0.15, 0.2) is 17.0 Å². The first kappa shape index (κ1) is 11.6. The Bertz CT molecular complexity index is 395. The van der Waals surface area contributed by atoms with E-state index in [-0.39, 0.29) is 6.04 Å². The summed E-state index contributed by atoms with van der Waals surface area (Å²) < 4.78 is 10.7. The van der Waals surface area contributed by atoms with Gasteiger partial charge in [0.15, 0.2) is 0 Å². The number of benzene rings is 1. The molecule has 0 aromatic heterocycles. The van der Waals surface area contributed by atoms with E-state index in [1.165, 1.54) is 0 Å². The van der Waals surface area contributed by atoms with Crippen LogP contribution < -0.4 is 15.2 Å². The van der Waals surface area contributed by atoms with Crippen molar-refractivity contribution in [2.45, 2.75) is 24.0 Å². The molecule has 1 heterocycles. The van der Waals surface area contributed by atoms with E-state index in [1.54, 1.807) is 25.8 Å². The van der Waals surface area contributed by atoms with Crippen molar-refractivity contribution in [2.75, 3.05) is 13.0 Å². The molecular weight excluding hydrogens is 226 g/mol. The molecule has 88 valence electrons. The van der Waals surface area contributed by atoms with Crippen LogP contribution in [0.1, 0.15) is 18.6 Å². The Hall–Kier alpha value is -0.910. The molecule has 1 aromatic carbocycles. The fourth-order valence-electron chi connectivity index (χ4n) is 1.63. The predicted molar refractivity (Wildman–Crippen MR) is 63.0 cm³/mol. The smallest absolute Gasteiger partial charge is 0.138 e. The minimum Gasteiger partial charge on any atom is -0.496 e. The van der Waals surface area contributed by atoms with Crippen LogP contribution in [0.2, 0.25) is 0 Å². The van der Waals surface area contributed by atoms with E-state index >= 15 is 0 Å². The zero-order valence-electron chi connectivity index (χ0n) is 9.27. The third-order valence-corrected chi connectivity index (χ3v) is 3.41. The first-order valence-electron chi connectivity index (χ1n) is 5.04. The Morgan fingerprint density at radius 2 is 2.31 bits per heavy atom. The summed E-state index contributed by atoms with van der Waals surface area (Å²) in [6.45, 7) is 1.76. The fourth-order valence-corrected chi connectivity index (χ4v) is 2.39. The molecule has 5 heteroatoms. The molecule has 3 N–H and O–H groups in total. The molecule has 0 fully saturated rings. The van der Waals surface area contributed by atoms with Crippen LogP contribution in [0.5, 0.6) is 11.5 Å². The van der Waals surface area contributed by atoms with Gasteiger partial charge in [0.1, 0.15) is 17.4 Å². The van der Waals surface area contributed by atoms with Crippen LogP contribution in [0, 0.1) is 0 Å². The number of fused-ring (bicyclic) bond motifs is 1. The summed E-state index contributed by atoms with van der Waals surface area (Å²) in [6, 6.07) is 3.34. The van der Waals surface area contributed by atoms with Gasteiger partial charge in [-0.15, -0.1) is 0 Å². The second kappa shape index (κ2) is 4.53. The lowest BCUT2D eigenvalue weighted by atomic mass is 10.0. The van der Waals surface area contributed by atoms with Crippen molar-refractivity contribution in [3.8, 4) is 11.5 Å². The molecule has 2 rings (SSSR count). The Kier molecular flexibility index (Phi) is 3.28. The SMILES string of the molecule is COc1cc2c(cc1C(O)C(C)N)OCS2. The van der Waals surface area contributed by atoms with Gasteiger partial charge in [-0.2, -0.15) is 0 Å². The molecule has 0 spiro atoms. The number of nitrogens with two attached hydrogens (primary N) is 1. The van der Waals surface area contributed by atoms with Crippen molar-refractivity contribution in [3.05, 3.63) is 17.7 Å². The summed E-state index contributed by atoms with van der Waals surface area (Å²) in [7, 11) is 1.58. The van der Waals surface area contributed by atoms with Gasteiger partial charge >= 0.3 is 0 Å². The number of aliphatic hydroxyl groups is 1. The van der Waals surface area contributed by atoms with Crippen LogP contribution in [0.4, 0.5) is 0 Å². The number of ether oxygens (including phenoxy) is 2. The lowest BCUT2D eigenvalue weighted by molar-refractivity contribution is 0.149. The number of rotatable bonds is 3. The van der Waals surface area contributed by atoms with Gasteiger partial charge in [-0.25, -0.2) is 0 Å². The van der Waals surface area contributed by atoms with Gasteiger partial charge < -0.3 is 20.3 Å². The average molecular weight is 241 g/mol. The number of hydrogen-bond acceptors (Lipinski definition) is 5. The molecule has 16 heavy (non-hydrogen) atoms. The van der Waals surface area contributed by atoms with E-state index in [4.69, 9.17) is 15.2 Å². The van der Waals surface area contributed by atoms with Gasteiger partial charge in [0, 0.05) is 11.6 Å². The van der Waals surface area contributed by atoms with E-state index in [0.717, 1.165) is 10.6 Å². The van der Waals surface area contributed by atoms with Crippen molar-refractivity contribution in [1.82, 2.24) is 0 Å². The number of aliphatic hydroxyl groups excluding tert-OH is 1. The van der Waals surface area contributed by atoms with Gasteiger partial charge in [0.05, 0.1) is 18.1 Å². The normalized spacial score (nSPS) is 17.5. The maximum atomic E-state index is 9.97. The molecule has 0 bridgehead atoms. The van der Waals surface area contributed by atoms with E-state index < -0.39 is 6.10 Å². The van der Waals surface area contributed by atoms with E-state index in [9.17, 15) is 5.11 Å². The van der Waals surface area contributed by atoms with Crippen LogP contribution in [-0.2, 0) is 0 Å². The minimum absolute atomic E-state index is 0.346.